The number of anilines is 4. The Morgan fingerprint density at radius 3 is 1.74 bits per heavy atom. The number of carbonyl (C=O) groups is 6. The van der Waals surface area contributed by atoms with Crippen LogP contribution in [0.1, 0.15) is 59.6 Å². The molecular formula is C47H43N7O12. The number of nitrogens with zero attached hydrogens (tertiary/aromatic N) is 2. The van der Waals surface area contributed by atoms with Crippen LogP contribution < -0.4 is 36.1 Å². The van der Waals surface area contributed by atoms with Crippen LogP contribution in [0.25, 0.3) is 6.08 Å². The summed E-state index contributed by atoms with van der Waals surface area (Å²) in [7, 11) is 4.14. The number of carboxylic acids is 1. The summed E-state index contributed by atoms with van der Waals surface area (Å²) in [5.41, 5.74) is 1.89. The Morgan fingerprint density at radius 2 is 1.20 bits per heavy atom. The molecule has 5 amide bonds. The van der Waals surface area contributed by atoms with Gasteiger partial charge in [0, 0.05) is 47.7 Å². The lowest BCUT2D eigenvalue weighted by atomic mass is 10.1. The number of phenols is 3. The van der Waals surface area contributed by atoms with Crippen molar-refractivity contribution in [3.63, 3.8) is 0 Å². The van der Waals surface area contributed by atoms with Crippen LogP contribution in [0.4, 0.5) is 22.7 Å². The summed E-state index contributed by atoms with van der Waals surface area (Å²) in [5.74, 6) is -6.30. The van der Waals surface area contributed by atoms with Crippen LogP contribution in [-0.4, -0.2) is 85.7 Å². The van der Waals surface area contributed by atoms with Gasteiger partial charge in [0.25, 0.3) is 23.6 Å². The van der Waals surface area contributed by atoms with Crippen molar-refractivity contribution in [2.24, 2.45) is 7.05 Å². The fourth-order valence-corrected chi connectivity index (χ4v) is 6.48. The number of nitrogens with one attached hydrogen (secondary N) is 5. The number of ether oxygens (including phenoxy) is 2. The number of benzene rings is 5. The molecule has 0 bridgehead atoms. The van der Waals surface area contributed by atoms with Crippen molar-refractivity contribution in [2.75, 3.05) is 35.5 Å². The number of hydrogen-bond donors (Lipinski definition) is 9. The lowest BCUT2D eigenvalue weighted by Gasteiger charge is -2.18. The van der Waals surface area contributed by atoms with E-state index in [1.807, 2.05) is 0 Å². The van der Waals surface area contributed by atoms with Crippen molar-refractivity contribution in [3.05, 3.63) is 149 Å². The molecule has 66 heavy (non-hydrogen) atoms. The number of carboxylic acid groups (broad SMARTS) is 1. The Bertz CT molecular complexity index is 2860. The highest BCUT2D eigenvalue weighted by molar-refractivity contribution is 6.11. The third-order valence-electron chi connectivity index (χ3n) is 9.89. The average molecular weight is 898 g/mol. The van der Waals surface area contributed by atoms with Gasteiger partial charge >= 0.3 is 5.97 Å². The van der Waals surface area contributed by atoms with E-state index in [4.69, 9.17) is 9.47 Å². The Hall–Kier alpha value is -9.13. The van der Waals surface area contributed by atoms with Gasteiger partial charge in [0.1, 0.15) is 17.4 Å². The summed E-state index contributed by atoms with van der Waals surface area (Å²) in [4.78, 5) is 82.2. The zero-order valence-corrected chi connectivity index (χ0v) is 35.7. The van der Waals surface area contributed by atoms with E-state index in [-0.39, 0.29) is 57.6 Å². The molecule has 9 N–H and O–H groups in total. The number of hydrogen-bond acceptors (Lipinski definition) is 12. The van der Waals surface area contributed by atoms with Crippen molar-refractivity contribution < 1.29 is 58.7 Å². The number of methoxy groups -OCH3 is 2. The third kappa shape index (κ3) is 11.1. The number of amides is 5. The molecular weight excluding hydrogens is 855 g/mol. The number of aryl methyl sites for hydroxylation is 1. The predicted molar refractivity (Wildman–Crippen MR) is 242 cm³/mol. The van der Waals surface area contributed by atoms with Gasteiger partial charge in [0.05, 0.1) is 43.2 Å². The molecule has 1 unspecified atom stereocenters. The number of carbonyl (C=O) groups excluding carboxylic acids is 5. The Kier molecular flexibility index (Phi) is 14.3. The molecule has 0 spiro atoms. The van der Waals surface area contributed by atoms with Gasteiger partial charge in [-0.2, -0.15) is 0 Å². The highest BCUT2D eigenvalue weighted by Gasteiger charge is 2.26. The zero-order valence-electron chi connectivity index (χ0n) is 35.7. The molecule has 0 aliphatic heterocycles. The van der Waals surface area contributed by atoms with Crippen molar-refractivity contribution in [3.8, 4) is 28.7 Å². The van der Waals surface area contributed by atoms with Crippen LogP contribution in [0.3, 0.4) is 0 Å². The standard InChI is InChI=1S/C47H43N7O12/c1-25(21-26-5-15-32(55)16-6-26)42(58)49-29-11-7-28(8-12-29)44(60)53-37(22-31-23-54(2)24-48-31)46(62)50-30-13-9-27(10-14-30)43(59)51-35-19-17-33(38(56)40(35)65-3)45(61)52-36-20-18-34(47(63)64)39(57)41(36)66-4/h5-21,23-24,37,55-57H,22H2,1-4H3,(H,49,58)(H,50,62)(H,51,59)(H,52,61)(H,53,60)(H,63,64)/b25-21+. The van der Waals surface area contributed by atoms with Crippen LogP contribution in [0.15, 0.2) is 115 Å². The summed E-state index contributed by atoms with van der Waals surface area (Å²) < 4.78 is 12.1. The molecule has 5 aromatic carbocycles. The molecule has 0 fully saturated rings. The fraction of sp³-hybridized carbons (Fsp3) is 0.128. The maximum Gasteiger partial charge on any atom is 0.339 e. The lowest BCUT2D eigenvalue weighted by molar-refractivity contribution is -0.118. The number of imidazole rings is 1. The van der Waals surface area contributed by atoms with E-state index in [9.17, 15) is 49.2 Å². The van der Waals surface area contributed by atoms with Gasteiger partial charge in [-0.05, 0) is 103 Å². The predicted octanol–water partition coefficient (Wildman–Crippen LogP) is 5.78. The largest absolute Gasteiger partial charge is 0.508 e. The normalized spacial score (nSPS) is 11.4. The number of aromatic carboxylic acids is 1. The zero-order chi connectivity index (χ0) is 47.7. The van der Waals surface area contributed by atoms with Crippen molar-refractivity contribution in [1.82, 2.24) is 14.9 Å². The molecule has 0 saturated carbocycles. The molecule has 0 radical (unpaired) electrons. The van der Waals surface area contributed by atoms with E-state index in [0.717, 1.165) is 11.6 Å². The second kappa shape index (κ2) is 20.4. The number of aromatic hydroxyl groups is 3. The van der Waals surface area contributed by atoms with Crippen molar-refractivity contribution in [1.29, 1.82) is 0 Å². The minimum absolute atomic E-state index is 0.00307. The molecule has 0 aliphatic rings. The molecule has 338 valence electrons. The maximum atomic E-state index is 13.7. The fourth-order valence-electron chi connectivity index (χ4n) is 6.48. The quantitative estimate of drug-likeness (QED) is 0.0522. The van der Waals surface area contributed by atoms with Crippen LogP contribution in [0, 0.1) is 0 Å². The highest BCUT2D eigenvalue weighted by atomic mass is 16.5. The number of aromatic nitrogens is 2. The number of rotatable bonds is 16. The molecule has 19 nitrogen and oxygen atoms in total. The minimum atomic E-state index is -1.42. The average Bonchev–Trinajstić information content (AvgIpc) is 3.71. The van der Waals surface area contributed by atoms with Gasteiger partial charge in [-0.15, -0.1) is 0 Å². The van der Waals surface area contributed by atoms with E-state index in [1.54, 1.807) is 61.4 Å². The Balaban J connectivity index is 1.09. The van der Waals surface area contributed by atoms with Gasteiger partial charge in [-0.25, -0.2) is 9.78 Å². The smallest absolute Gasteiger partial charge is 0.339 e. The monoisotopic (exact) mass is 897 g/mol. The van der Waals surface area contributed by atoms with Gasteiger partial charge in [-0.3, -0.25) is 24.0 Å². The first kappa shape index (κ1) is 46.4. The van der Waals surface area contributed by atoms with Gasteiger partial charge in [-0.1, -0.05) is 12.1 Å². The summed E-state index contributed by atoms with van der Waals surface area (Å²) in [5, 5.41) is 53.4. The number of phenolic OH excluding ortho intramolecular Hbond substituents is 2. The first-order valence-corrected chi connectivity index (χ1v) is 19.8. The Morgan fingerprint density at radius 1 is 0.667 bits per heavy atom. The van der Waals surface area contributed by atoms with E-state index in [0.29, 0.717) is 22.6 Å². The van der Waals surface area contributed by atoms with Crippen LogP contribution in [-0.2, 0) is 23.1 Å². The van der Waals surface area contributed by atoms with Crippen molar-refractivity contribution >= 4 is 64.3 Å². The van der Waals surface area contributed by atoms with E-state index < -0.39 is 52.7 Å². The topological polar surface area (TPSA) is 280 Å². The van der Waals surface area contributed by atoms with Gasteiger partial charge < -0.3 is 61.1 Å². The minimum Gasteiger partial charge on any atom is -0.508 e. The van der Waals surface area contributed by atoms with E-state index in [1.165, 1.54) is 80.9 Å². The maximum absolute atomic E-state index is 13.7. The first-order valence-electron chi connectivity index (χ1n) is 19.8. The lowest BCUT2D eigenvalue weighted by Crippen LogP contribution is -2.45. The van der Waals surface area contributed by atoms with Crippen molar-refractivity contribution in [2.45, 2.75) is 19.4 Å². The molecule has 1 aromatic heterocycles. The van der Waals surface area contributed by atoms with Crippen LogP contribution in [0.5, 0.6) is 28.7 Å². The molecule has 0 aliphatic carbocycles. The third-order valence-corrected chi connectivity index (χ3v) is 9.89. The molecule has 6 rings (SSSR count). The first-order chi connectivity index (χ1) is 31.5. The van der Waals surface area contributed by atoms with Crippen LogP contribution >= 0.6 is 0 Å². The molecule has 1 atom stereocenters. The second-order valence-electron chi connectivity index (χ2n) is 14.6. The van der Waals surface area contributed by atoms with E-state index >= 15 is 0 Å². The highest BCUT2D eigenvalue weighted by Crippen LogP contribution is 2.40. The van der Waals surface area contributed by atoms with Crippen LogP contribution in [0.2, 0.25) is 0 Å². The Labute approximate surface area is 376 Å². The summed E-state index contributed by atoms with van der Waals surface area (Å²) in [6.07, 6.45) is 4.97. The summed E-state index contributed by atoms with van der Waals surface area (Å²) >= 11 is 0. The molecule has 1 heterocycles. The SMILES string of the molecule is COc1c(NC(=O)c2ccc(NC(=O)c3ccc(NC(=O)C(Cc4cn(C)cn4)NC(=O)c4ccc(NC(=O)/C(C)=C/c5ccc(O)cc5)cc4)cc3)c(OC)c2O)ccc(C(=O)O)c1O. The molecule has 0 saturated heterocycles. The molecule has 6 aromatic rings. The second-order valence-corrected chi connectivity index (χ2v) is 14.6. The summed E-state index contributed by atoms with van der Waals surface area (Å²) in [6, 6.07) is 22.0. The van der Waals surface area contributed by atoms with Gasteiger partial charge in [0.2, 0.25) is 5.91 Å². The van der Waals surface area contributed by atoms with Gasteiger partial charge in [0.15, 0.2) is 23.0 Å². The summed E-state index contributed by atoms with van der Waals surface area (Å²) in [6.45, 7) is 1.64. The molecule has 19 heteroatoms. The van der Waals surface area contributed by atoms with E-state index in [2.05, 4.69) is 31.6 Å².